The zero-order valence-corrected chi connectivity index (χ0v) is 12.3. The molecule has 1 N–H and O–H groups in total. The Morgan fingerprint density at radius 1 is 1.16 bits per heavy atom. The Labute approximate surface area is 117 Å². The van der Waals surface area contributed by atoms with E-state index >= 15 is 0 Å². The third kappa shape index (κ3) is 3.48. The molecule has 4 nitrogen and oxygen atoms in total. The summed E-state index contributed by atoms with van der Waals surface area (Å²) in [6, 6.07) is 10.2. The van der Waals surface area contributed by atoms with Crippen molar-refractivity contribution in [1.29, 1.82) is 0 Å². The summed E-state index contributed by atoms with van der Waals surface area (Å²) < 4.78 is 32.4. The molecule has 0 radical (unpaired) electrons. The van der Waals surface area contributed by atoms with Gasteiger partial charge in [-0.2, -0.15) is 0 Å². The minimum Gasteiger partial charge on any atom is -0.494 e. The Balaban J connectivity index is 2.16. The van der Waals surface area contributed by atoms with E-state index in [1.165, 1.54) is 11.3 Å². The number of benzene rings is 1. The van der Waals surface area contributed by atoms with E-state index in [0.29, 0.717) is 16.5 Å². The number of nitrogens with one attached hydrogen (secondary N) is 1. The summed E-state index contributed by atoms with van der Waals surface area (Å²) in [6.07, 6.45) is 0. The van der Waals surface area contributed by atoms with Crippen LogP contribution >= 0.6 is 11.3 Å². The molecule has 19 heavy (non-hydrogen) atoms. The SMILES string of the molecule is CCOc1ccc(NS(=O)(=O)c2ccc(C)s2)cc1. The second kappa shape index (κ2) is 5.63. The molecule has 0 atom stereocenters. The maximum Gasteiger partial charge on any atom is 0.271 e. The van der Waals surface area contributed by atoms with Crippen LogP contribution in [-0.2, 0) is 10.0 Å². The molecule has 1 aromatic heterocycles. The van der Waals surface area contributed by atoms with E-state index in [2.05, 4.69) is 4.72 Å². The number of ether oxygens (including phenoxy) is 1. The van der Waals surface area contributed by atoms with E-state index in [4.69, 9.17) is 4.74 Å². The third-order valence-corrected chi connectivity index (χ3v) is 5.27. The summed E-state index contributed by atoms with van der Waals surface area (Å²) in [5.74, 6) is 0.720. The van der Waals surface area contributed by atoms with Crippen molar-refractivity contribution in [2.75, 3.05) is 11.3 Å². The van der Waals surface area contributed by atoms with Crippen LogP contribution in [0.3, 0.4) is 0 Å². The van der Waals surface area contributed by atoms with Gasteiger partial charge in [0.15, 0.2) is 0 Å². The lowest BCUT2D eigenvalue weighted by molar-refractivity contribution is 0.340. The van der Waals surface area contributed by atoms with Crippen molar-refractivity contribution >= 4 is 27.0 Å². The standard InChI is InChI=1S/C13H15NO3S2/c1-3-17-12-7-5-11(6-8-12)14-19(15,16)13-9-4-10(2)18-13/h4-9,14H,3H2,1-2H3. The summed E-state index contributed by atoms with van der Waals surface area (Å²) in [5.41, 5.74) is 0.523. The smallest absolute Gasteiger partial charge is 0.271 e. The average molecular weight is 297 g/mol. The molecule has 6 heteroatoms. The first-order valence-corrected chi connectivity index (χ1v) is 8.13. The molecule has 0 aliphatic rings. The van der Waals surface area contributed by atoms with Crippen LogP contribution in [0.1, 0.15) is 11.8 Å². The molecule has 1 aromatic carbocycles. The number of anilines is 1. The molecule has 0 unspecified atom stereocenters. The molecule has 0 aliphatic heterocycles. The normalized spacial score (nSPS) is 11.3. The van der Waals surface area contributed by atoms with Crippen LogP contribution in [0.5, 0.6) is 5.75 Å². The molecule has 0 aliphatic carbocycles. The highest BCUT2D eigenvalue weighted by molar-refractivity contribution is 7.94. The number of sulfonamides is 1. The summed E-state index contributed by atoms with van der Waals surface area (Å²) >= 11 is 1.25. The molecule has 0 saturated carbocycles. The highest BCUT2D eigenvalue weighted by Crippen LogP contribution is 2.24. The number of rotatable bonds is 5. The fourth-order valence-corrected chi connectivity index (χ4v) is 3.89. The van der Waals surface area contributed by atoms with Gasteiger partial charge in [-0.25, -0.2) is 8.42 Å². The van der Waals surface area contributed by atoms with Gasteiger partial charge in [-0.15, -0.1) is 11.3 Å². The van der Waals surface area contributed by atoms with Crippen LogP contribution in [0.15, 0.2) is 40.6 Å². The van der Waals surface area contributed by atoms with Crippen molar-refractivity contribution in [3.8, 4) is 5.75 Å². The highest BCUT2D eigenvalue weighted by atomic mass is 32.2. The van der Waals surface area contributed by atoms with Gasteiger partial charge in [0.05, 0.1) is 6.61 Å². The monoisotopic (exact) mass is 297 g/mol. The van der Waals surface area contributed by atoms with Gasteiger partial charge in [0.2, 0.25) is 0 Å². The second-order valence-electron chi connectivity index (χ2n) is 3.93. The molecular weight excluding hydrogens is 282 g/mol. The summed E-state index contributed by atoms with van der Waals surface area (Å²) in [6.45, 7) is 4.36. The predicted molar refractivity (Wildman–Crippen MR) is 77.5 cm³/mol. The third-order valence-electron chi connectivity index (χ3n) is 2.40. The lowest BCUT2D eigenvalue weighted by Gasteiger charge is -2.07. The van der Waals surface area contributed by atoms with E-state index in [-0.39, 0.29) is 0 Å². The largest absolute Gasteiger partial charge is 0.494 e. The number of thiophene rings is 1. The lowest BCUT2D eigenvalue weighted by atomic mass is 10.3. The summed E-state index contributed by atoms with van der Waals surface area (Å²) in [5, 5.41) is 0. The molecule has 0 bridgehead atoms. The first-order chi connectivity index (χ1) is 9.01. The summed E-state index contributed by atoms with van der Waals surface area (Å²) in [4.78, 5) is 0.965. The minimum absolute atomic E-state index is 0.318. The van der Waals surface area contributed by atoms with Gasteiger partial charge in [0, 0.05) is 10.6 Å². The van der Waals surface area contributed by atoms with Crippen molar-refractivity contribution in [1.82, 2.24) is 0 Å². The van der Waals surface area contributed by atoms with Gasteiger partial charge in [0.25, 0.3) is 10.0 Å². The Morgan fingerprint density at radius 3 is 2.37 bits per heavy atom. The van der Waals surface area contributed by atoms with Crippen molar-refractivity contribution in [3.63, 3.8) is 0 Å². The fourth-order valence-electron chi connectivity index (χ4n) is 1.55. The van der Waals surface area contributed by atoms with Gasteiger partial charge in [-0.05, 0) is 50.2 Å². The van der Waals surface area contributed by atoms with E-state index in [1.807, 2.05) is 13.8 Å². The van der Waals surface area contributed by atoms with Crippen molar-refractivity contribution in [2.45, 2.75) is 18.1 Å². The molecule has 1 heterocycles. The van der Waals surface area contributed by atoms with Crippen molar-refractivity contribution in [2.24, 2.45) is 0 Å². The zero-order chi connectivity index (χ0) is 13.9. The van der Waals surface area contributed by atoms with Crippen LogP contribution in [0.25, 0.3) is 0 Å². The topological polar surface area (TPSA) is 55.4 Å². The number of hydrogen-bond donors (Lipinski definition) is 1. The zero-order valence-electron chi connectivity index (χ0n) is 10.7. The lowest BCUT2D eigenvalue weighted by Crippen LogP contribution is -2.11. The number of aryl methyl sites for hydroxylation is 1. The summed E-state index contributed by atoms with van der Waals surface area (Å²) in [7, 11) is -3.49. The van der Waals surface area contributed by atoms with E-state index < -0.39 is 10.0 Å². The quantitative estimate of drug-likeness (QED) is 0.921. The van der Waals surface area contributed by atoms with Gasteiger partial charge >= 0.3 is 0 Å². The first kappa shape index (κ1) is 13.9. The molecule has 0 fully saturated rings. The highest BCUT2D eigenvalue weighted by Gasteiger charge is 2.16. The van der Waals surface area contributed by atoms with Crippen LogP contribution in [0, 0.1) is 6.92 Å². The predicted octanol–water partition coefficient (Wildman–Crippen LogP) is 3.26. The molecule has 2 aromatic rings. The van der Waals surface area contributed by atoms with Crippen LogP contribution in [-0.4, -0.2) is 15.0 Å². The molecular formula is C13H15NO3S2. The fraction of sp³-hybridized carbons (Fsp3) is 0.231. The van der Waals surface area contributed by atoms with Crippen molar-refractivity contribution < 1.29 is 13.2 Å². The van der Waals surface area contributed by atoms with E-state index in [0.717, 1.165) is 10.6 Å². The molecule has 102 valence electrons. The van der Waals surface area contributed by atoms with Crippen molar-refractivity contribution in [3.05, 3.63) is 41.3 Å². The van der Waals surface area contributed by atoms with Crippen LogP contribution < -0.4 is 9.46 Å². The molecule has 0 spiro atoms. The van der Waals surface area contributed by atoms with Gasteiger partial charge < -0.3 is 4.74 Å². The minimum atomic E-state index is -3.49. The van der Waals surface area contributed by atoms with Crippen LogP contribution in [0.2, 0.25) is 0 Å². The van der Waals surface area contributed by atoms with Gasteiger partial charge in [0.1, 0.15) is 9.96 Å². The van der Waals surface area contributed by atoms with E-state index in [9.17, 15) is 8.42 Å². The Hall–Kier alpha value is -1.53. The first-order valence-electron chi connectivity index (χ1n) is 5.83. The average Bonchev–Trinajstić information content (AvgIpc) is 2.79. The maximum absolute atomic E-state index is 12.1. The molecule has 0 saturated heterocycles. The Kier molecular flexibility index (Phi) is 4.11. The van der Waals surface area contributed by atoms with Gasteiger partial charge in [-0.1, -0.05) is 0 Å². The molecule has 2 rings (SSSR count). The van der Waals surface area contributed by atoms with E-state index in [1.54, 1.807) is 36.4 Å². The number of hydrogen-bond acceptors (Lipinski definition) is 4. The van der Waals surface area contributed by atoms with Crippen LogP contribution in [0.4, 0.5) is 5.69 Å². The maximum atomic E-state index is 12.1. The Bertz CT molecular complexity index is 645. The van der Waals surface area contributed by atoms with Gasteiger partial charge in [-0.3, -0.25) is 4.72 Å². The second-order valence-corrected chi connectivity index (χ2v) is 7.13. The Morgan fingerprint density at radius 2 is 1.84 bits per heavy atom. The molecule has 0 amide bonds.